The molecule has 0 radical (unpaired) electrons. The highest BCUT2D eigenvalue weighted by molar-refractivity contribution is 6.03. The fourth-order valence-corrected chi connectivity index (χ4v) is 1.84. The number of hydrogen-bond donors (Lipinski definition) is 1. The maximum Gasteiger partial charge on any atom is 0.338 e. The summed E-state index contributed by atoms with van der Waals surface area (Å²) in [5.74, 6) is 1.33. The Balaban J connectivity index is 2.25. The summed E-state index contributed by atoms with van der Waals surface area (Å²) in [7, 11) is 0. The lowest BCUT2D eigenvalue weighted by Crippen LogP contribution is -2.35. The van der Waals surface area contributed by atoms with Crippen LogP contribution in [0.1, 0.15) is 33.7 Å². The average Bonchev–Trinajstić information content (AvgIpc) is 3.21. The van der Waals surface area contributed by atoms with E-state index in [9.17, 15) is 9.59 Å². The molecule has 0 aromatic carbocycles. The van der Waals surface area contributed by atoms with Crippen LogP contribution in [-0.2, 0) is 0 Å². The summed E-state index contributed by atoms with van der Waals surface area (Å²) in [6.45, 7) is 0.740. The van der Waals surface area contributed by atoms with E-state index < -0.39 is 11.9 Å². The monoisotopic (exact) mass is 258 g/mol. The number of amides is 1. The van der Waals surface area contributed by atoms with Crippen LogP contribution in [0.3, 0.4) is 0 Å². The van der Waals surface area contributed by atoms with Crippen molar-refractivity contribution >= 4 is 11.9 Å². The Labute approximate surface area is 111 Å². The van der Waals surface area contributed by atoms with Crippen molar-refractivity contribution in [3.8, 4) is 12.3 Å². The zero-order valence-electron chi connectivity index (χ0n) is 10.4. The van der Waals surface area contributed by atoms with E-state index in [4.69, 9.17) is 11.5 Å². The van der Waals surface area contributed by atoms with Crippen LogP contribution in [0, 0.1) is 18.3 Å². The van der Waals surface area contributed by atoms with E-state index in [1.807, 2.05) is 0 Å². The molecular weight excluding hydrogens is 244 g/mol. The van der Waals surface area contributed by atoms with Gasteiger partial charge in [-0.2, -0.15) is 0 Å². The van der Waals surface area contributed by atoms with Crippen LogP contribution < -0.4 is 0 Å². The Kier molecular flexibility index (Phi) is 3.81. The molecule has 0 saturated heterocycles. The van der Waals surface area contributed by atoms with E-state index in [2.05, 4.69) is 10.9 Å². The smallest absolute Gasteiger partial charge is 0.338 e. The van der Waals surface area contributed by atoms with Crippen molar-refractivity contribution in [3.63, 3.8) is 0 Å². The minimum absolute atomic E-state index is 0.0501. The maximum atomic E-state index is 12.3. The molecule has 1 aliphatic rings. The van der Waals surface area contributed by atoms with Crippen molar-refractivity contribution in [3.05, 3.63) is 29.6 Å². The number of terminal acetylenes is 1. The minimum Gasteiger partial charge on any atom is -0.478 e. The van der Waals surface area contributed by atoms with Gasteiger partial charge < -0.3 is 10.0 Å². The molecule has 0 bridgehead atoms. The predicted octanol–water partition coefficient (Wildman–Crippen LogP) is 1.27. The Bertz CT molecular complexity index is 544. The van der Waals surface area contributed by atoms with Gasteiger partial charge in [0.1, 0.15) is 5.69 Å². The SMILES string of the molecule is C#CCN(CC1CC1)C(=O)c1ncccc1C(=O)O. The number of aromatic nitrogens is 1. The number of nitrogens with zero attached hydrogens (tertiary/aromatic N) is 2. The predicted molar refractivity (Wildman–Crippen MR) is 68.7 cm³/mol. The zero-order valence-corrected chi connectivity index (χ0v) is 10.4. The molecule has 19 heavy (non-hydrogen) atoms. The van der Waals surface area contributed by atoms with Crippen molar-refractivity contribution in [1.82, 2.24) is 9.88 Å². The lowest BCUT2D eigenvalue weighted by Gasteiger charge is -2.20. The molecule has 1 heterocycles. The third-order valence-corrected chi connectivity index (χ3v) is 2.99. The van der Waals surface area contributed by atoms with E-state index in [-0.39, 0.29) is 17.8 Å². The molecule has 1 saturated carbocycles. The molecule has 0 atom stereocenters. The van der Waals surface area contributed by atoms with Gasteiger partial charge in [0.05, 0.1) is 12.1 Å². The molecule has 1 aliphatic carbocycles. The molecule has 1 amide bonds. The van der Waals surface area contributed by atoms with Gasteiger partial charge in [-0.15, -0.1) is 6.42 Å². The first kappa shape index (κ1) is 13.1. The van der Waals surface area contributed by atoms with E-state index in [0.717, 1.165) is 12.8 Å². The van der Waals surface area contributed by atoms with Gasteiger partial charge in [-0.1, -0.05) is 5.92 Å². The number of pyridine rings is 1. The number of carboxylic acid groups (broad SMARTS) is 1. The van der Waals surface area contributed by atoms with Crippen molar-refractivity contribution in [2.75, 3.05) is 13.1 Å². The summed E-state index contributed by atoms with van der Waals surface area (Å²) >= 11 is 0. The van der Waals surface area contributed by atoms with Gasteiger partial charge in [0.15, 0.2) is 0 Å². The maximum absolute atomic E-state index is 12.3. The molecule has 0 aliphatic heterocycles. The normalized spacial score (nSPS) is 13.6. The molecule has 1 fully saturated rings. The number of carboxylic acids is 1. The summed E-state index contributed by atoms with van der Waals surface area (Å²) in [6, 6.07) is 2.86. The molecule has 98 valence electrons. The van der Waals surface area contributed by atoms with Crippen LogP contribution >= 0.6 is 0 Å². The number of carbonyl (C=O) groups is 2. The van der Waals surface area contributed by atoms with Crippen LogP contribution in [-0.4, -0.2) is 40.0 Å². The van der Waals surface area contributed by atoms with Crippen molar-refractivity contribution in [2.24, 2.45) is 5.92 Å². The molecule has 1 N–H and O–H groups in total. The van der Waals surface area contributed by atoms with Crippen LogP contribution in [0.5, 0.6) is 0 Å². The van der Waals surface area contributed by atoms with Crippen molar-refractivity contribution in [2.45, 2.75) is 12.8 Å². The van der Waals surface area contributed by atoms with Crippen LogP contribution in [0.15, 0.2) is 18.3 Å². The molecule has 0 unspecified atom stereocenters. The second-order valence-corrected chi connectivity index (χ2v) is 4.54. The fourth-order valence-electron chi connectivity index (χ4n) is 1.84. The Morgan fingerprint density at radius 2 is 2.26 bits per heavy atom. The van der Waals surface area contributed by atoms with E-state index in [1.54, 1.807) is 0 Å². The average molecular weight is 258 g/mol. The lowest BCUT2D eigenvalue weighted by atomic mass is 10.1. The number of hydrogen-bond acceptors (Lipinski definition) is 3. The first-order valence-electron chi connectivity index (χ1n) is 6.04. The second kappa shape index (κ2) is 5.53. The summed E-state index contributed by atoms with van der Waals surface area (Å²) in [6.07, 6.45) is 8.84. The summed E-state index contributed by atoms with van der Waals surface area (Å²) in [4.78, 5) is 28.8. The number of rotatable bonds is 5. The molecule has 0 spiro atoms. The molecular formula is C14H14N2O3. The summed E-state index contributed by atoms with van der Waals surface area (Å²) in [5.41, 5.74) is -0.142. The molecule has 5 heteroatoms. The van der Waals surface area contributed by atoms with Gasteiger partial charge >= 0.3 is 5.97 Å². The number of aromatic carboxylic acids is 1. The topological polar surface area (TPSA) is 70.5 Å². The highest BCUT2D eigenvalue weighted by atomic mass is 16.4. The third kappa shape index (κ3) is 3.10. The summed E-state index contributed by atoms with van der Waals surface area (Å²) < 4.78 is 0. The molecule has 5 nitrogen and oxygen atoms in total. The largest absolute Gasteiger partial charge is 0.478 e. The first-order valence-corrected chi connectivity index (χ1v) is 6.04. The van der Waals surface area contributed by atoms with Crippen LogP contribution in [0.4, 0.5) is 0 Å². The molecule has 2 rings (SSSR count). The van der Waals surface area contributed by atoms with Crippen LogP contribution in [0.2, 0.25) is 0 Å². The van der Waals surface area contributed by atoms with Gasteiger partial charge in [0, 0.05) is 12.7 Å². The zero-order chi connectivity index (χ0) is 13.8. The molecule has 1 aromatic rings. The van der Waals surface area contributed by atoms with E-state index in [0.29, 0.717) is 12.5 Å². The standard InChI is InChI=1S/C14H14N2O3/c1-2-8-16(9-10-5-6-10)13(17)12-11(14(18)19)4-3-7-15-12/h1,3-4,7,10H,5-6,8-9H2,(H,18,19). The summed E-state index contributed by atoms with van der Waals surface area (Å²) in [5, 5.41) is 9.07. The first-order chi connectivity index (χ1) is 9.13. The van der Waals surface area contributed by atoms with E-state index in [1.165, 1.54) is 23.2 Å². The van der Waals surface area contributed by atoms with Gasteiger partial charge in [0.25, 0.3) is 5.91 Å². The fraction of sp³-hybridized carbons (Fsp3) is 0.357. The van der Waals surface area contributed by atoms with Gasteiger partial charge in [0.2, 0.25) is 0 Å². The quantitative estimate of drug-likeness (QED) is 0.807. The highest BCUT2D eigenvalue weighted by Gasteiger charge is 2.29. The number of carbonyl (C=O) groups excluding carboxylic acids is 1. The second-order valence-electron chi connectivity index (χ2n) is 4.54. The molecule has 1 aromatic heterocycles. The van der Waals surface area contributed by atoms with Crippen LogP contribution in [0.25, 0.3) is 0 Å². The van der Waals surface area contributed by atoms with Crippen molar-refractivity contribution in [1.29, 1.82) is 0 Å². The Morgan fingerprint density at radius 1 is 1.53 bits per heavy atom. The van der Waals surface area contributed by atoms with Gasteiger partial charge in [-0.3, -0.25) is 9.78 Å². The highest BCUT2D eigenvalue weighted by Crippen LogP contribution is 2.30. The van der Waals surface area contributed by atoms with Crippen molar-refractivity contribution < 1.29 is 14.7 Å². The third-order valence-electron chi connectivity index (χ3n) is 2.99. The van der Waals surface area contributed by atoms with E-state index >= 15 is 0 Å². The van der Waals surface area contributed by atoms with Gasteiger partial charge in [-0.25, -0.2) is 4.79 Å². The minimum atomic E-state index is -1.16. The van der Waals surface area contributed by atoms with Gasteiger partial charge in [-0.05, 0) is 30.9 Å². The Morgan fingerprint density at radius 3 is 2.84 bits per heavy atom. The Hall–Kier alpha value is -2.35. The lowest BCUT2D eigenvalue weighted by molar-refractivity contribution is 0.0675.